The van der Waals surface area contributed by atoms with Crippen LogP contribution in [0.1, 0.15) is 82.1 Å². The smallest absolute Gasteiger partial charge is 0.252 e. The first kappa shape index (κ1) is 22.2. The number of ether oxygens (including phenoxy) is 1. The third-order valence-corrected chi connectivity index (χ3v) is 4.18. The number of carbonyl (C=O) groups is 1. The first-order chi connectivity index (χ1) is 12.4. The molecule has 0 spiro atoms. The Morgan fingerprint density at radius 2 is 1.73 bits per heavy atom. The van der Waals surface area contributed by atoms with Gasteiger partial charge in [-0.15, -0.1) is 0 Å². The summed E-state index contributed by atoms with van der Waals surface area (Å²) in [6.45, 7) is 8.18. The number of hydrogen-bond acceptors (Lipinski definition) is 3. The van der Waals surface area contributed by atoms with Crippen molar-refractivity contribution in [2.45, 2.75) is 84.3 Å². The van der Waals surface area contributed by atoms with E-state index in [0.717, 1.165) is 6.42 Å². The molecule has 144 valence electrons. The lowest BCUT2D eigenvalue weighted by Gasteiger charge is -2.22. The van der Waals surface area contributed by atoms with Crippen LogP contribution in [0.25, 0.3) is 0 Å². The average Bonchev–Trinajstić information content (AvgIpc) is 2.61. The van der Waals surface area contributed by atoms with Crippen molar-refractivity contribution in [1.82, 2.24) is 5.32 Å². The van der Waals surface area contributed by atoms with Crippen LogP contribution in [0.4, 0.5) is 0 Å². The molecule has 0 bridgehead atoms. The molecule has 1 N–H and O–H groups in total. The molecule has 1 amide bonds. The van der Waals surface area contributed by atoms with Crippen molar-refractivity contribution < 1.29 is 9.53 Å². The highest BCUT2D eigenvalue weighted by Gasteiger charge is 2.17. The molecule has 1 atom stereocenters. The molecular weight excluding hydrogens is 324 g/mol. The van der Waals surface area contributed by atoms with Crippen molar-refractivity contribution in [3.8, 4) is 6.07 Å². The largest absolute Gasteiger partial charge is 0.373 e. The Bertz CT molecular complexity index is 567. The normalized spacial score (nSPS) is 12.4. The summed E-state index contributed by atoms with van der Waals surface area (Å²) < 4.78 is 5.58. The number of benzene rings is 1. The molecule has 4 heteroatoms. The third kappa shape index (κ3) is 9.58. The number of carbonyl (C=O) groups excluding carboxylic acids is 1. The Kier molecular flexibility index (Phi) is 9.98. The fourth-order valence-corrected chi connectivity index (χ4v) is 2.62. The van der Waals surface area contributed by atoms with E-state index in [1.807, 2.05) is 45.0 Å². The quantitative estimate of drug-likeness (QED) is 0.565. The van der Waals surface area contributed by atoms with Crippen molar-refractivity contribution in [3.63, 3.8) is 0 Å². The van der Waals surface area contributed by atoms with Gasteiger partial charge in [-0.1, -0.05) is 51.2 Å². The van der Waals surface area contributed by atoms with Gasteiger partial charge in [0.15, 0.2) is 0 Å². The molecule has 0 aliphatic rings. The van der Waals surface area contributed by atoms with Crippen molar-refractivity contribution >= 4 is 5.91 Å². The monoisotopic (exact) mass is 358 g/mol. The average molecular weight is 359 g/mol. The fraction of sp³-hybridized carbons (Fsp3) is 0.636. The number of unbranched alkanes of at least 4 members (excludes halogenated alkanes) is 5. The van der Waals surface area contributed by atoms with Crippen LogP contribution >= 0.6 is 0 Å². The van der Waals surface area contributed by atoms with Crippen LogP contribution in [-0.4, -0.2) is 24.2 Å². The molecule has 26 heavy (non-hydrogen) atoms. The zero-order valence-electron chi connectivity index (χ0n) is 16.8. The van der Waals surface area contributed by atoms with Gasteiger partial charge in [0, 0.05) is 5.56 Å². The second-order valence-electron chi connectivity index (χ2n) is 7.79. The second kappa shape index (κ2) is 11.7. The summed E-state index contributed by atoms with van der Waals surface area (Å²) in [5.74, 6) is -0.236. The molecule has 0 heterocycles. The summed E-state index contributed by atoms with van der Waals surface area (Å²) in [6.07, 6.45) is 8.74. The van der Waals surface area contributed by atoms with Crippen LogP contribution in [0.15, 0.2) is 24.3 Å². The van der Waals surface area contributed by atoms with E-state index in [0.29, 0.717) is 5.56 Å². The van der Waals surface area contributed by atoms with E-state index in [-0.39, 0.29) is 18.1 Å². The van der Waals surface area contributed by atoms with Crippen LogP contribution in [0.2, 0.25) is 0 Å². The van der Waals surface area contributed by atoms with Gasteiger partial charge in [-0.2, -0.15) is 5.26 Å². The summed E-state index contributed by atoms with van der Waals surface area (Å²) >= 11 is 0. The lowest BCUT2D eigenvalue weighted by Crippen LogP contribution is -2.39. The Hall–Kier alpha value is -1.86. The highest BCUT2D eigenvalue weighted by Crippen LogP contribution is 2.12. The van der Waals surface area contributed by atoms with Crippen LogP contribution in [0, 0.1) is 11.3 Å². The lowest BCUT2D eigenvalue weighted by atomic mass is 10.0. The maximum absolute atomic E-state index is 12.3. The van der Waals surface area contributed by atoms with Gasteiger partial charge in [-0.25, -0.2) is 0 Å². The molecule has 0 saturated carbocycles. The number of nitrogens with one attached hydrogen (secondary N) is 1. The van der Waals surface area contributed by atoms with Gasteiger partial charge >= 0.3 is 0 Å². The SMILES string of the molecule is CCCCCCCCc1ccc(C(=O)NC(C#N)COC(C)(C)C)cc1. The van der Waals surface area contributed by atoms with Gasteiger partial charge in [-0.05, 0) is 51.3 Å². The van der Waals surface area contributed by atoms with Crippen molar-refractivity contribution in [1.29, 1.82) is 5.26 Å². The van der Waals surface area contributed by atoms with Gasteiger partial charge in [0.25, 0.3) is 5.91 Å². The predicted molar refractivity (Wildman–Crippen MR) is 106 cm³/mol. The Balaban J connectivity index is 2.41. The van der Waals surface area contributed by atoms with Crippen molar-refractivity contribution in [2.24, 2.45) is 0 Å². The van der Waals surface area contributed by atoms with Crippen LogP contribution in [-0.2, 0) is 11.2 Å². The predicted octanol–water partition coefficient (Wildman–Crippen LogP) is 5.03. The molecule has 4 nitrogen and oxygen atoms in total. The number of aryl methyl sites for hydroxylation is 1. The van der Waals surface area contributed by atoms with Gasteiger partial charge in [-0.3, -0.25) is 4.79 Å². The maximum Gasteiger partial charge on any atom is 0.252 e. The van der Waals surface area contributed by atoms with Gasteiger partial charge in [0.05, 0.1) is 18.3 Å². The van der Waals surface area contributed by atoms with Gasteiger partial charge in [0.2, 0.25) is 0 Å². The first-order valence-electron chi connectivity index (χ1n) is 9.79. The molecule has 0 saturated heterocycles. The number of amides is 1. The number of nitrogens with zero attached hydrogens (tertiary/aromatic N) is 1. The topological polar surface area (TPSA) is 62.1 Å². The zero-order valence-corrected chi connectivity index (χ0v) is 16.8. The van der Waals surface area contributed by atoms with E-state index in [9.17, 15) is 10.1 Å². The summed E-state index contributed by atoms with van der Waals surface area (Å²) in [7, 11) is 0. The van der Waals surface area contributed by atoms with E-state index < -0.39 is 6.04 Å². The zero-order chi connectivity index (χ0) is 19.4. The fourth-order valence-electron chi connectivity index (χ4n) is 2.62. The molecule has 1 aromatic rings. The minimum Gasteiger partial charge on any atom is -0.373 e. The van der Waals surface area contributed by atoms with Gasteiger partial charge < -0.3 is 10.1 Å². The molecule has 1 aromatic carbocycles. The van der Waals surface area contributed by atoms with Crippen molar-refractivity contribution in [3.05, 3.63) is 35.4 Å². The van der Waals surface area contributed by atoms with E-state index in [4.69, 9.17) is 4.74 Å². The standard InChI is InChI=1S/C22H34N2O2/c1-5-6-7-8-9-10-11-18-12-14-19(15-13-18)21(25)24-20(16-23)17-26-22(2,3)4/h12-15,20H,5-11,17H2,1-4H3,(H,24,25). The van der Waals surface area contributed by atoms with Crippen LogP contribution in [0.5, 0.6) is 0 Å². The molecule has 0 aliphatic heterocycles. The Morgan fingerprint density at radius 1 is 1.12 bits per heavy atom. The second-order valence-corrected chi connectivity index (χ2v) is 7.79. The summed E-state index contributed by atoms with van der Waals surface area (Å²) in [4.78, 5) is 12.3. The van der Waals surface area contributed by atoms with E-state index in [2.05, 4.69) is 18.3 Å². The lowest BCUT2D eigenvalue weighted by molar-refractivity contribution is -0.00780. The molecule has 1 unspecified atom stereocenters. The van der Waals surface area contributed by atoms with E-state index in [1.165, 1.54) is 44.1 Å². The van der Waals surface area contributed by atoms with Crippen LogP contribution < -0.4 is 5.32 Å². The number of hydrogen-bond donors (Lipinski definition) is 1. The summed E-state index contributed by atoms with van der Waals surface area (Å²) in [6, 6.07) is 9.11. The van der Waals surface area contributed by atoms with E-state index in [1.54, 1.807) is 0 Å². The Labute approximate surface area is 158 Å². The minimum atomic E-state index is -0.649. The minimum absolute atomic E-state index is 0.182. The molecular formula is C22H34N2O2. The Morgan fingerprint density at radius 3 is 2.31 bits per heavy atom. The maximum atomic E-state index is 12.3. The molecule has 0 fully saturated rings. The third-order valence-electron chi connectivity index (χ3n) is 4.18. The number of nitriles is 1. The van der Waals surface area contributed by atoms with E-state index >= 15 is 0 Å². The van der Waals surface area contributed by atoms with Crippen molar-refractivity contribution in [2.75, 3.05) is 6.61 Å². The molecule has 0 aromatic heterocycles. The van der Waals surface area contributed by atoms with Gasteiger partial charge in [0.1, 0.15) is 6.04 Å². The molecule has 0 radical (unpaired) electrons. The summed E-state index contributed by atoms with van der Waals surface area (Å²) in [5, 5.41) is 11.9. The number of rotatable bonds is 11. The first-order valence-corrected chi connectivity index (χ1v) is 9.79. The molecule has 0 aliphatic carbocycles. The molecule has 1 rings (SSSR count). The highest BCUT2D eigenvalue weighted by molar-refractivity contribution is 5.94. The summed E-state index contributed by atoms with van der Waals surface area (Å²) in [5.41, 5.74) is 1.50. The van der Waals surface area contributed by atoms with Crippen LogP contribution in [0.3, 0.4) is 0 Å². The highest BCUT2D eigenvalue weighted by atomic mass is 16.5.